The molecule has 0 saturated carbocycles. The first-order chi connectivity index (χ1) is 9.61. The Balaban J connectivity index is 1.88. The van der Waals surface area contributed by atoms with Crippen molar-refractivity contribution in [2.45, 2.75) is 33.2 Å². The highest BCUT2D eigenvalue weighted by Crippen LogP contribution is 2.07. The van der Waals surface area contributed by atoms with Crippen molar-refractivity contribution in [2.24, 2.45) is 0 Å². The van der Waals surface area contributed by atoms with Crippen molar-refractivity contribution in [3.05, 3.63) is 23.3 Å². The molecule has 0 unspecified atom stereocenters. The number of aryl methyl sites for hydroxylation is 1. The summed E-state index contributed by atoms with van der Waals surface area (Å²) in [6.07, 6.45) is 3.14. The smallest absolute Gasteiger partial charge is 0.254 e. The van der Waals surface area contributed by atoms with E-state index >= 15 is 0 Å². The van der Waals surface area contributed by atoms with Crippen LogP contribution in [-0.4, -0.2) is 37.4 Å². The lowest BCUT2D eigenvalue weighted by atomic mass is 10.2. The van der Waals surface area contributed by atoms with E-state index < -0.39 is 0 Å². The van der Waals surface area contributed by atoms with Gasteiger partial charge in [-0.25, -0.2) is 0 Å². The second kappa shape index (κ2) is 6.18. The molecule has 20 heavy (non-hydrogen) atoms. The van der Waals surface area contributed by atoms with E-state index in [1.54, 1.807) is 6.20 Å². The SMILES string of the molecule is CCCn1ncc(C(=O)NCCc2nc(N)n[nH]2)c1C. The Bertz CT molecular complexity index is 586. The van der Waals surface area contributed by atoms with Crippen LogP contribution in [0.15, 0.2) is 6.20 Å². The summed E-state index contributed by atoms with van der Waals surface area (Å²) in [7, 11) is 0. The Morgan fingerprint density at radius 3 is 3.00 bits per heavy atom. The fraction of sp³-hybridized carbons (Fsp3) is 0.500. The summed E-state index contributed by atoms with van der Waals surface area (Å²) in [5.74, 6) is 0.738. The van der Waals surface area contributed by atoms with Crippen LogP contribution < -0.4 is 11.1 Å². The van der Waals surface area contributed by atoms with Gasteiger partial charge in [-0.2, -0.15) is 10.1 Å². The van der Waals surface area contributed by atoms with E-state index in [-0.39, 0.29) is 11.9 Å². The van der Waals surface area contributed by atoms with Crippen molar-refractivity contribution >= 4 is 11.9 Å². The molecule has 0 aliphatic rings. The Morgan fingerprint density at radius 1 is 1.55 bits per heavy atom. The number of nitrogens with one attached hydrogen (secondary N) is 2. The molecule has 0 aliphatic carbocycles. The van der Waals surface area contributed by atoms with Crippen molar-refractivity contribution in [1.82, 2.24) is 30.3 Å². The summed E-state index contributed by atoms with van der Waals surface area (Å²) in [4.78, 5) is 16.0. The van der Waals surface area contributed by atoms with Gasteiger partial charge in [0.1, 0.15) is 5.82 Å². The van der Waals surface area contributed by atoms with Gasteiger partial charge in [0, 0.05) is 25.2 Å². The van der Waals surface area contributed by atoms with Crippen LogP contribution >= 0.6 is 0 Å². The van der Waals surface area contributed by atoms with Crippen molar-refractivity contribution < 1.29 is 4.79 Å². The first kappa shape index (κ1) is 14.0. The molecule has 2 heterocycles. The molecule has 4 N–H and O–H groups in total. The zero-order valence-corrected chi connectivity index (χ0v) is 11.7. The summed E-state index contributed by atoms with van der Waals surface area (Å²) in [6.45, 7) is 5.25. The zero-order valence-electron chi connectivity index (χ0n) is 11.7. The molecule has 0 spiro atoms. The van der Waals surface area contributed by atoms with Gasteiger partial charge in [-0.1, -0.05) is 6.92 Å². The zero-order chi connectivity index (χ0) is 14.5. The fourth-order valence-corrected chi connectivity index (χ4v) is 1.92. The number of carbonyl (C=O) groups is 1. The van der Waals surface area contributed by atoms with Gasteiger partial charge in [-0.3, -0.25) is 14.6 Å². The van der Waals surface area contributed by atoms with Crippen LogP contribution in [0.1, 0.15) is 35.2 Å². The highest BCUT2D eigenvalue weighted by Gasteiger charge is 2.13. The van der Waals surface area contributed by atoms with Gasteiger partial charge < -0.3 is 11.1 Å². The number of nitrogens with zero attached hydrogens (tertiary/aromatic N) is 4. The van der Waals surface area contributed by atoms with Gasteiger partial charge in [0.2, 0.25) is 5.95 Å². The van der Waals surface area contributed by atoms with Crippen LogP contribution in [0.3, 0.4) is 0 Å². The maximum atomic E-state index is 12.0. The second-order valence-corrected chi connectivity index (χ2v) is 4.51. The van der Waals surface area contributed by atoms with Gasteiger partial charge in [0.05, 0.1) is 11.8 Å². The quantitative estimate of drug-likeness (QED) is 0.701. The molecule has 0 fully saturated rings. The largest absolute Gasteiger partial charge is 0.367 e. The number of nitrogen functional groups attached to an aromatic ring is 1. The number of H-pyrrole nitrogens is 1. The summed E-state index contributed by atoms with van der Waals surface area (Å²) in [5.41, 5.74) is 6.89. The molecular weight excluding hydrogens is 258 g/mol. The van der Waals surface area contributed by atoms with Crippen LogP contribution in [0.2, 0.25) is 0 Å². The Labute approximate surface area is 116 Å². The summed E-state index contributed by atoms with van der Waals surface area (Å²) in [5, 5.41) is 13.5. The van der Waals surface area contributed by atoms with Gasteiger partial charge in [-0.15, -0.1) is 5.10 Å². The van der Waals surface area contributed by atoms with Crippen LogP contribution in [-0.2, 0) is 13.0 Å². The molecule has 8 nitrogen and oxygen atoms in total. The van der Waals surface area contributed by atoms with Crippen molar-refractivity contribution in [2.75, 3.05) is 12.3 Å². The van der Waals surface area contributed by atoms with Gasteiger partial charge in [0.15, 0.2) is 0 Å². The third kappa shape index (κ3) is 3.14. The number of anilines is 1. The number of aromatic amines is 1. The van der Waals surface area contributed by atoms with Crippen LogP contribution in [0.5, 0.6) is 0 Å². The molecule has 1 amide bonds. The molecule has 8 heteroatoms. The normalized spacial score (nSPS) is 10.7. The third-order valence-electron chi connectivity index (χ3n) is 2.98. The standard InChI is InChI=1S/C12H19N7O/c1-3-6-19-8(2)9(7-15-19)11(20)14-5-4-10-16-12(13)18-17-10/h7H,3-6H2,1-2H3,(H,14,20)(H3,13,16,17,18). The summed E-state index contributed by atoms with van der Waals surface area (Å²) >= 11 is 0. The van der Waals surface area contributed by atoms with Gasteiger partial charge in [-0.05, 0) is 13.3 Å². The van der Waals surface area contributed by atoms with E-state index in [0.29, 0.717) is 24.4 Å². The lowest BCUT2D eigenvalue weighted by Crippen LogP contribution is -2.26. The number of aromatic nitrogens is 5. The van der Waals surface area contributed by atoms with Crippen LogP contribution in [0.4, 0.5) is 5.95 Å². The van der Waals surface area contributed by atoms with E-state index in [4.69, 9.17) is 5.73 Å². The summed E-state index contributed by atoms with van der Waals surface area (Å²) < 4.78 is 1.84. The lowest BCUT2D eigenvalue weighted by molar-refractivity contribution is 0.0953. The molecule has 0 radical (unpaired) electrons. The molecule has 0 saturated heterocycles. The maximum absolute atomic E-state index is 12.0. The minimum atomic E-state index is -0.127. The van der Waals surface area contributed by atoms with Crippen LogP contribution in [0, 0.1) is 6.92 Å². The second-order valence-electron chi connectivity index (χ2n) is 4.51. The predicted molar refractivity (Wildman–Crippen MR) is 74.1 cm³/mol. The Hall–Kier alpha value is -2.38. The topological polar surface area (TPSA) is 115 Å². The van der Waals surface area contributed by atoms with E-state index in [0.717, 1.165) is 18.7 Å². The van der Waals surface area contributed by atoms with Crippen LogP contribution in [0.25, 0.3) is 0 Å². The average Bonchev–Trinajstić information content (AvgIpc) is 2.98. The molecule has 2 aromatic rings. The molecule has 2 aromatic heterocycles. The van der Waals surface area contributed by atoms with Gasteiger partial charge in [0.25, 0.3) is 5.91 Å². The number of hydrogen-bond acceptors (Lipinski definition) is 5. The number of nitrogens with two attached hydrogens (primary N) is 1. The number of hydrogen-bond donors (Lipinski definition) is 3. The van der Waals surface area contributed by atoms with E-state index in [9.17, 15) is 4.79 Å². The number of rotatable bonds is 6. The highest BCUT2D eigenvalue weighted by atomic mass is 16.1. The monoisotopic (exact) mass is 277 g/mol. The summed E-state index contributed by atoms with van der Waals surface area (Å²) in [6, 6.07) is 0. The highest BCUT2D eigenvalue weighted by molar-refractivity contribution is 5.95. The predicted octanol–water partition coefficient (Wildman–Crippen LogP) is 0.274. The lowest BCUT2D eigenvalue weighted by Gasteiger charge is -2.05. The average molecular weight is 277 g/mol. The number of carbonyl (C=O) groups excluding carboxylic acids is 1. The molecule has 108 valence electrons. The molecule has 0 atom stereocenters. The first-order valence-electron chi connectivity index (χ1n) is 6.59. The first-order valence-corrected chi connectivity index (χ1v) is 6.59. The van der Waals surface area contributed by atoms with Crippen molar-refractivity contribution in [3.8, 4) is 0 Å². The van der Waals surface area contributed by atoms with E-state index in [1.807, 2.05) is 11.6 Å². The Morgan fingerprint density at radius 2 is 2.35 bits per heavy atom. The van der Waals surface area contributed by atoms with Crippen molar-refractivity contribution in [3.63, 3.8) is 0 Å². The molecular formula is C12H19N7O. The third-order valence-corrected chi connectivity index (χ3v) is 2.98. The molecule has 2 rings (SSSR count). The molecule has 0 bridgehead atoms. The minimum absolute atomic E-state index is 0.127. The van der Waals surface area contributed by atoms with E-state index in [2.05, 4.69) is 32.5 Å². The molecule has 0 aliphatic heterocycles. The maximum Gasteiger partial charge on any atom is 0.254 e. The number of amides is 1. The minimum Gasteiger partial charge on any atom is -0.367 e. The molecule has 0 aromatic carbocycles. The van der Waals surface area contributed by atoms with Crippen molar-refractivity contribution in [1.29, 1.82) is 0 Å². The van der Waals surface area contributed by atoms with Gasteiger partial charge >= 0.3 is 0 Å². The fourth-order valence-electron chi connectivity index (χ4n) is 1.92. The van der Waals surface area contributed by atoms with E-state index in [1.165, 1.54) is 0 Å². The Kier molecular flexibility index (Phi) is 4.34.